The molecule has 106 valence electrons. The maximum absolute atomic E-state index is 11.7. The van der Waals surface area contributed by atoms with Crippen molar-refractivity contribution < 1.29 is 9.90 Å². The lowest BCUT2D eigenvalue weighted by Crippen LogP contribution is -2.42. The molecule has 1 amide bonds. The number of benzene rings is 2. The summed E-state index contributed by atoms with van der Waals surface area (Å²) in [5.41, 5.74) is 1.63. The van der Waals surface area contributed by atoms with Gasteiger partial charge in [-0.2, -0.15) is 5.10 Å². The third-order valence-electron chi connectivity index (χ3n) is 3.41. The van der Waals surface area contributed by atoms with Crippen molar-refractivity contribution in [3.8, 4) is 5.75 Å². The number of rotatable bonds is 3. The highest BCUT2D eigenvalue weighted by Gasteiger charge is 2.37. The highest BCUT2D eigenvalue weighted by atomic mass is 79.9. The SMILES string of the molecule is O=C1CC(c2ccccc2)N1/N=C/c1cc(Br)ccc1O. The highest BCUT2D eigenvalue weighted by molar-refractivity contribution is 9.10. The van der Waals surface area contributed by atoms with Crippen LogP contribution in [0.1, 0.15) is 23.6 Å². The molecular formula is C16H13BrN2O2. The number of halogens is 1. The van der Waals surface area contributed by atoms with Gasteiger partial charge in [-0.3, -0.25) is 4.79 Å². The average molecular weight is 345 g/mol. The van der Waals surface area contributed by atoms with Crippen LogP contribution in [0, 0.1) is 0 Å². The fourth-order valence-electron chi connectivity index (χ4n) is 2.24. The van der Waals surface area contributed by atoms with E-state index in [9.17, 15) is 9.90 Å². The van der Waals surface area contributed by atoms with Crippen LogP contribution in [0.3, 0.4) is 0 Å². The third-order valence-corrected chi connectivity index (χ3v) is 3.91. The van der Waals surface area contributed by atoms with Gasteiger partial charge >= 0.3 is 0 Å². The van der Waals surface area contributed by atoms with E-state index in [1.807, 2.05) is 30.3 Å². The summed E-state index contributed by atoms with van der Waals surface area (Å²) in [7, 11) is 0. The summed E-state index contributed by atoms with van der Waals surface area (Å²) in [5.74, 6) is 0.112. The zero-order valence-corrected chi connectivity index (χ0v) is 12.7. The predicted octanol–water partition coefficient (Wildman–Crippen LogP) is 3.46. The normalized spacial score (nSPS) is 18.0. The Bertz CT molecular complexity index is 701. The minimum Gasteiger partial charge on any atom is -0.507 e. The van der Waals surface area contributed by atoms with E-state index in [2.05, 4.69) is 21.0 Å². The molecule has 0 spiro atoms. The van der Waals surface area contributed by atoms with Gasteiger partial charge in [-0.05, 0) is 23.8 Å². The quantitative estimate of drug-likeness (QED) is 0.684. The molecule has 1 aliphatic rings. The van der Waals surface area contributed by atoms with Gasteiger partial charge in [-0.15, -0.1) is 0 Å². The third kappa shape index (κ3) is 2.83. The number of carbonyl (C=O) groups is 1. The molecule has 1 aliphatic heterocycles. The molecule has 1 saturated heterocycles. The van der Waals surface area contributed by atoms with Gasteiger partial charge in [0.15, 0.2) is 0 Å². The van der Waals surface area contributed by atoms with Gasteiger partial charge in [0.2, 0.25) is 5.91 Å². The summed E-state index contributed by atoms with van der Waals surface area (Å²) in [5, 5.41) is 15.4. The number of phenols is 1. The van der Waals surface area contributed by atoms with Crippen LogP contribution in [0.15, 0.2) is 58.1 Å². The molecule has 0 aromatic heterocycles. The van der Waals surface area contributed by atoms with E-state index in [0.29, 0.717) is 12.0 Å². The number of amides is 1. The largest absolute Gasteiger partial charge is 0.507 e. The van der Waals surface area contributed by atoms with Gasteiger partial charge in [0.25, 0.3) is 0 Å². The molecule has 4 nitrogen and oxygen atoms in total. The number of β-lactam (4-membered cyclic amide) rings is 1. The van der Waals surface area contributed by atoms with Gasteiger partial charge in [-0.1, -0.05) is 46.3 Å². The molecule has 0 bridgehead atoms. The van der Waals surface area contributed by atoms with Crippen molar-refractivity contribution in [1.29, 1.82) is 0 Å². The van der Waals surface area contributed by atoms with Crippen LogP contribution in [-0.2, 0) is 4.79 Å². The minimum atomic E-state index is -0.0238. The molecule has 1 N–H and O–H groups in total. The van der Waals surface area contributed by atoms with E-state index in [1.54, 1.807) is 18.2 Å². The molecule has 1 heterocycles. The van der Waals surface area contributed by atoms with Crippen molar-refractivity contribution in [3.05, 3.63) is 64.1 Å². The van der Waals surface area contributed by atoms with Crippen molar-refractivity contribution in [2.45, 2.75) is 12.5 Å². The monoisotopic (exact) mass is 344 g/mol. The lowest BCUT2D eigenvalue weighted by molar-refractivity contribution is -0.146. The van der Waals surface area contributed by atoms with Crippen molar-refractivity contribution in [2.75, 3.05) is 0 Å². The summed E-state index contributed by atoms with van der Waals surface area (Å²) in [6.07, 6.45) is 1.97. The molecule has 2 aromatic rings. The number of hydrogen-bond donors (Lipinski definition) is 1. The van der Waals surface area contributed by atoms with E-state index in [1.165, 1.54) is 11.2 Å². The zero-order chi connectivity index (χ0) is 14.8. The number of nitrogens with zero attached hydrogens (tertiary/aromatic N) is 2. The minimum absolute atomic E-state index is 0.0189. The molecule has 3 rings (SSSR count). The Hall–Kier alpha value is -2.14. The fraction of sp³-hybridized carbons (Fsp3) is 0.125. The average Bonchev–Trinajstić information content (AvgIpc) is 2.49. The molecule has 5 heteroatoms. The summed E-state index contributed by atoms with van der Waals surface area (Å²) in [6, 6.07) is 14.8. The summed E-state index contributed by atoms with van der Waals surface area (Å²) < 4.78 is 0.844. The van der Waals surface area contributed by atoms with Crippen LogP contribution in [0.4, 0.5) is 0 Å². The Labute approximate surface area is 130 Å². The molecule has 0 radical (unpaired) electrons. The summed E-state index contributed by atoms with van der Waals surface area (Å²) in [6.45, 7) is 0. The number of hydrogen-bond acceptors (Lipinski definition) is 3. The molecule has 1 fully saturated rings. The van der Waals surface area contributed by atoms with Crippen LogP contribution in [-0.4, -0.2) is 22.2 Å². The first-order valence-electron chi connectivity index (χ1n) is 6.54. The molecular weight excluding hydrogens is 332 g/mol. The molecule has 1 unspecified atom stereocenters. The van der Waals surface area contributed by atoms with Crippen molar-refractivity contribution in [1.82, 2.24) is 5.01 Å². The Balaban J connectivity index is 1.81. The zero-order valence-electron chi connectivity index (χ0n) is 11.1. The van der Waals surface area contributed by atoms with Crippen LogP contribution < -0.4 is 0 Å². The van der Waals surface area contributed by atoms with E-state index in [4.69, 9.17) is 0 Å². The second-order valence-electron chi connectivity index (χ2n) is 4.82. The van der Waals surface area contributed by atoms with Gasteiger partial charge in [0.05, 0.1) is 18.7 Å². The van der Waals surface area contributed by atoms with Crippen LogP contribution in [0.5, 0.6) is 5.75 Å². The maximum atomic E-state index is 11.7. The maximum Gasteiger partial charge on any atom is 0.245 e. The summed E-state index contributed by atoms with van der Waals surface area (Å²) >= 11 is 3.34. The first-order valence-corrected chi connectivity index (χ1v) is 7.34. The predicted molar refractivity (Wildman–Crippen MR) is 84.0 cm³/mol. The fourth-order valence-corrected chi connectivity index (χ4v) is 2.62. The highest BCUT2D eigenvalue weighted by Crippen LogP contribution is 2.34. The second kappa shape index (κ2) is 5.69. The van der Waals surface area contributed by atoms with E-state index in [0.717, 1.165) is 10.0 Å². The second-order valence-corrected chi connectivity index (χ2v) is 5.73. The first kappa shape index (κ1) is 13.8. The Morgan fingerprint density at radius 1 is 1.24 bits per heavy atom. The van der Waals surface area contributed by atoms with Crippen molar-refractivity contribution in [3.63, 3.8) is 0 Å². The van der Waals surface area contributed by atoms with E-state index < -0.39 is 0 Å². The molecule has 21 heavy (non-hydrogen) atoms. The number of phenolic OH excluding ortho intramolecular Hbond substituents is 1. The van der Waals surface area contributed by atoms with Crippen LogP contribution in [0.2, 0.25) is 0 Å². The number of aromatic hydroxyl groups is 1. The number of carbonyl (C=O) groups excluding carboxylic acids is 1. The Kier molecular flexibility index (Phi) is 3.75. The Morgan fingerprint density at radius 2 is 2.00 bits per heavy atom. The van der Waals surface area contributed by atoms with Crippen molar-refractivity contribution >= 4 is 28.1 Å². The summed E-state index contributed by atoms with van der Waals surface area (Å²) in [4.78, 5) is 11.7. The standard InChI is InChI=1S/C16H13BrN2O2/c17-13-6-7-15(20)12(8-13)10-18-19-14(9-16(19)21)11-4-2-1-3-5-11/h1-8,10,14,20H,9H2/b18-10+. The van der Waals surface area contributed by atoms with E-state index in [-0.39, 0.29) is 17.7 Å². The van der Waals surface area contributed by atoms with Gasteiger partial charge in [-0.25, -0.2) is 5.01 Å². The lowest BCUT2D eigenvalue weighted by Gasteiger charge is -2.36. The first-order chi connectivity index (χ1) is 10.1. The molecule has 0 saturated carbocycles. The van der Waals surface area contributed by atoms with Crippen molar-refractivity contribution in [2.24, 2.45) is 5.10 Å². The number of hydrazone groups is 1. The molecule has 0 aliphatic carbocycles. The molecule has 2 aromatic carbocycles. The van der Waals surface area contributed by atoms with Crippen LogP contribution >= 0.6 is 15.9 Å². The molecule has 1 atom stereocenters. The van der Waals surface area contributed by atoms with E-state index >= 15 is 0 Å². The smallest absolute Gasteiger partial charge is 0.245 e. The van der Waals surface area contributed by atoms with Crippen LogP contribution in [0.25, 0.3) is 0 Å². The van der Waals surface area contributed by atoms with Gasteiger partial charge < -0.3 is 5.11 Å². The van der Waals surface area contributed by atoms with Gasteiger partial charge in [0, 0.05) is 10.0 Å². The Morgan fingerprint density at radius 3 is 2.71 bits per heavy atom. The van der Waals surface area contributed by atoms with Gasteiger partial charge in [0.1, 0.15) is 5.75 Å². The lowest BCUT2D eigenvalue weighted by atomic mass is 9.96. The topological polar surface area (TPSA) is 52.9 Å².